The van der Waals surface area contributed by atoms with Crippen molar-refractivity contribution in [1.82, 2.24) is 20.1 Å². The van der Waals surface area contributed by atoms with Gasteiger partial charge in [0.05, 0.1) is 19.9 Å². The fourth-order valence-corrected chi connectivity index (χ4v) is 2.93. The number of nitrogens with one attached hydrogen (secondary N) is 1. The Morgan fingerprint density at radius 2 is 2.00 bits per heavy atom. The number of ether oxygens (including phenoxy) is 2. The number of H-pyrrole nitrogens is 1. The van der Waals surface area contributed by atoms with E-state index in [9.17, 15) is 4.79 Å². The number of hydrogen-bond acceptors (Lipinski definition) is 5. The van der Waals surface area contributed by atoms with Gasteiger partial charge in [0.25, 0.3) is 5.91 Å². The molecular weight excluding hydrogens is 356 g/mol. The molecule has 146 valence electrons. The van der Waals surface area contributed by atoms with Gasteiger partial charge in [0.15, 0.2) is 0 Å². The Morgan fingerprint density at radius 1 is 1.18 bits per heavy atom. The monoisotopic (exact) mass is 380 g/mol. The SMILES string of the molecule is COc1ccc(OC)c(-c2cc(C(=O)N(C)C(C)Cc3ccccn3)[nH]n2)c1. The molecule has 7 nitrogen and oxygen atoms in total. The molecule has 1 unspecified atom stereocenters. The van der Waals surface area contributed by atoms with Gasteiger partial charge in [-0.05, 0) is 43.3 Å². The fraction of sp³-hybridized carbons (Fsp3) is 0.286. The first-order chi connectivity index (χ1) is 13.5. The summed E-state index contributed by atoms with van der Waals surface area (Å²) in [6, 6.07) is 12.9. The lowest BCUT2D eigenvalue weighted by Crippen LogP contribution is -2.36. The van der Waals surface area contributed by atoms with E-state index in [1.807, 2.05) is 43.3 Å². The molecule has 0 aliphatic rings. The highest BCUT2D eigenvalue weighted by Crippen LogP contribution is 2.32. The van der Waals surface area contributed by atoms with Crippen LogP contribution >= 0.6 is 0 Å². The zero-order valence-corrected chi connectivity index (χ0v) is 16.5. The van der Waals surface area contributed by atoms with Crippen molar-refractivity contribution in [2.75, 3.05) is 21.3 Å². The zero-order valence-electron chi connectivity index (χ0n) is 16.5. The third-order valence-electron chi connectivity index (χ3n) is 4.70. The molecule has 1 N–H and O–H groups in total. The predicted molar refractivity (Wildman–Crippen MR) is 107 cm³/mol. The minimum absolute atomic E-state index is 0.0134. The molecule has 0 aliphatic carbocycles. The highest BCUT2D eigenvalue weighted by molar-refractivity contribution is 5.93. The largest absolute Gasteiger partial charge is 0.497 e. The molecule has 1 amide bonds. The number of carbonyl (C=O) groups excluding carboxylic acids is 1. The molecule has 0 fully saturated rings. The van der Waals surface area contributed by atoms with Crippen LogP contribution in [0.1, 0.15) is 23.1 Å². The van der Waals surface area contributed by atoms with Gasteiger partial charge in [0, 0.05) is 37.0 Å². The van der Waals surface area contributed by atoms with Crippen molar-refractivity contribution < 1.29 is 14.3 Å². The maximum absolute atomic E-state index is 12.9. The van der Waals surface area contributed by atoms with Gasteiger partial charge in [-0.15, -0.1) is 0 Å². The molecule has 7 heteroatoms. The lowest BCUT2D eigenvalue weighted by atomic mass is 10.1. The summed E-state index contributed by atoms with van der Waals surface area (Å²) in [6.45, 7) is 1.99. The maximum Gasteiger partial charge on any atom is 0.271 e. The Kier molecular flexibility index (Phi) is 5.93. The van der Waals surface area contributed by atoms with Crippen LogP contribution < -0.4 is 9.47 Å². The molecule has 0 spiro atoms. The molecule has 1 aromatic carbocycles. The average molecular weight is 380 g/mol. The van der Waals surface area contributed by atoms with Crippen molar-refractivity contribution in [3.05, 3.63) is 60.0 Å². The Labute approximate surface area is 164 Å². The highest BCUT2D eigenvalue weighted by atomic mass is 16.5. The number of nitrogens with zero attached hydrogens (tertiary/aromatic N) is 3. The molecule has 2 heterocycles. The molecule has 0 radical (unpaired) electrons. The standard InChI is InChI=1S/C21H24N4O3/c1-14(11-15-7-5-6-10-22-15)25(2)21(26)19-13-18(23-24-19)17-12-16(27-3)8-9-20(17)28-4/h5-10,12-14H,11H2,1-4H3,(H,23,24). The van der Waals surface area contributed by atoms with E-state index in [1.165, 1.54) is 0 Å². The first-order valence-corrected chi connectivity index (χ1v) is 8.98. The Morgan fingerprint density at radius 3 is 2.68 bits per heavy atom. The summed E-state index contributed by atoms with van der Waals surface area (Å²) in [5.41, 5.74) is 2.72. The number of aromatic nitrogens is 3. The first-order valence-electron chi connectivity index (χ1n) is 8.98. The summed E-state index contributed by atoms with van der Waals surface area (Å²) in [7, 11) is 4.97. The van der Waals surface area contributed by atoms with E-state index in [1.54, 1.807) is 38.4 Å². The molecule has 0 bridgehead atoms. The van der Waals surface area contributed by atoms with Crippen molar-refractivity contribution >= 4 is 5.91 Å². The van der Waals surface area contributed by atoms with Crippen LogP contribution in [0.4, 0.5) is 0 Å². The van der Waals surface area contributed by atoms with Gasteiger partial charge in [0.2, 0.25) is 0 Å². The van der Waals surface area contributed by atoms with Crippen molar-refractivity contribution in [2.24, 2.45) is 0 Å². The fourth-order valence-electron chi connectivity index (χ4n) is 2.93. The lowest BCUT2D eigenvalue weighted by molar-refractivity contribution is 0.0737. The van der Waals surface area contributed by atoms with Crippen molar-refractivity contribution in [3.63, 3.8) is 0 Å². The van der Waals surface area contributed by atoms with Gasteiger partial charge in [-0.1, -0.05) is 6.07 Å². The third kappa shape index (κ3) is 4.14. The summed E-state index contributed by atoms with van der Waals surface area (Å²) in [4.78, 5) is 18.9. The summed E-state index contributed by atoms with van der Waals surface area (Å²) >= 11 is 0. The Hall–Kier alpha value is -3.35. The van der Waals surface area contributed by atoms with Crippen LogP contribution in [0.25, 0.3) is 11.3 Å². The second-order valence-electron chi connectivity index (χ2n) is 6.52. The molecule has 0 saturated carbocycles. The van der Waals surface area contributed by atoms with Gasteiger partial charge in [-0.3, -0.25) is 14.9 Å². The quantitative estimate of drug-likeness (QED) is 0.681. The van der Waals surface area contributed by atoms with E-state index in [0.29, 0.717) is 29.3 Å². The van der Waals surface area contributed by atoms with E-state index in [0.717, 1.165) is 11.3 Å². The van der Waals surface area contributed by atoms with E-state index < -0.39 is 0 Å². The Balaban J connectivity index is 1.78. The highest BCUT2D eigenvalue weighted by Gasteiger charge is 2.21. The second-order valence-corrected chi connectivity index (χ2v) is 6.52. The van der Waals surface area contributed by atoms with Gasteiger partial charge in [0.1, 0.15) is 17.2 Å². The van der Waals surface area contributed by atoms with Crippen molar-refractivity contribution in [3.8, 4) is 22.8 Å². The summed E-state index contributed by atoms with van der Waals surface area (Å²) in [5.74, 6) is 1.21. The normalized spacial score (nSPS) is 11.7. The van der Waals surface area contributed by atoms with E-state index in [2.05, 4.69) is 15.2 Å². The van der Waals surface area contributed by atoms with Crippen LogP contribution in [0, 0.1) is 0 Å². The van der Waals surface area contributed by atoms with Gasteiger partial charge in [-0.2, -0.15) is 5.10 Å². The summed E-state index contributed by atoms with van der Waals surface area (Å²) in [5, 5.41) is 7.14. The van der Waals surface area contributed by atoms with Crippen LogP contribution in [0.3, 0.4) is 0 Å². The topological polar surface area (TPSA) is 80.3 Å². The minimum Gasteiger partial charge on any atom is -0.497 e. The van der Waals surface area contributed by atoms with E-state index in [-0.39, 0.29) is 11.9 Å². The van der Waals surface area contributed by atoms with E-state index in [4.69, 9.17) is 9.47 Å². The van der Waals surface area contributed by atoms with Gasteiger partial charge >= 0.3 is 0 Å². The number of benzene rings is 1. The smallest absolute Gasteiger partial charge is 0.271 e. The second kappa shape index (κ2) is 8.56. The molecule has 2 aromatic heterocycles. The number of methoxy groups -OCH3 is 2. The molecular formula is C21H24N4O3. The number of aromatic amines is 1. The number of hydrogen-bond donors (Lipinski definition) is 1. The average Bonchev–Trinajstić information content (AvgIpc) is 3.23. The predicted octanol–water partition coefficient (Wildman–Crippen LogP) is 3.19. The summed E-state index contributed by atoms with van der Waals surface area (Å²) < 4.78 is 10.7. The molecule has 3 aromatic rings. The molecule has 0 aliphatic heterocycles. The molecule has 1 atom stereocenters. The van der Waals surface area contributed by atoms with Gasteiger partial charge in [-0.25, -0.2) is 0 Å². The number of amides is 1. The maximum atomic E-state index is 12.9. The van der Waals surface area contributed by atoms with Crippen LogP contribution in [0.5, 0.6) is 11.5 Å². The molecule has 28 heavy (non-hydrogen) atoms. The zero-order chi connectivity index (χ0) is 20.1. The van der Waals surface area contributed by atoms with Gasteiger partial charge < -0.3 is 14.4 Å². The first kappa shape index (κ1) is 19.4. The van der Waals surface area contributed by atoms with Crippen LogP contribution in [-0.4, -0.2) is 53.3 Å². The number of carbonyl (C=O) groups is 1. The van der Waals surface area contributed by atoms with Crippen molar-refractivity contribution in [2.45, 2.75) is 19.4 Å². The summed E-state index contributed by atoms with van der Waals surface area (Å²) in [6.07, 6.45) is 2.43. The number of pyridine rings is 1. The Bertz CT molecular complexity index is 940. The van der Waals surface area contributed by atoms with E-state index >= 15 is 0 Å². The number of likely N-dealkylation sites (N-methyl/N-ethyl adjacent to an activating group) is 1. The van der Waals surface area contributed by atoms with Crippen molar-refractivity contribution in [1.29, 1.82) is 0 Å². The molecule has 3 rings (SSSR count). The minimum atomic E-state index is -0.135. The van der Waals surface area contributed by atoms with Crippen LogP contribution in [0.15, 0.2) is 48.7 Å². The lowest BCUT2D eigenvalue weighted by Gasteiger charge is -2.24. The number of rotatable bonds is 7. The third-order valence-corrected chi connectivity index (χ3v) is 4.70. The van der Waals surface area contributed by atoms with Crippen LogP contribution in [-0.2, 0) is 6.42 Å². The van der Waals surface area contributed by atoms with Crippen LogP contribution in [0.2, 0.25) is 0 Å². The molecule has 0 saturated heterocycles.